The van der Waals surface area contributed by atoms with Crippen LogP contribution in [0.3, 0.4) is 0 Å². The van der Waals surface area contributed by atoms with E-state index >= 15 is 0 Å². The third kappa shape index (κ3) is 27.5. The van der Waals surface area contributed by atoms with E-state index in [-0.39, 0.29) is 57.1 Å². The molecule has 1 radical (unpaired) electrons. The van der Waals surface area contributed by atoms with Crippen molar-refractivity contribution in [3.63, 3.8) is 0 Å². The molecular formula is C21H45KNO3S. The first-order valence-electron chi connectivity index (χ1n) is 11.1. The Kier molecular flexibility index (Phi) is 25.2. The smallest absolute Gasteiger partial charge is 0.266 e. The van der Waals surface area contributed by atoms with Gasteiger partial charge < -0.3 is 4.90 Å². The fraction of sp³-hybridized carbons (Fsp3) is 1.00. The van der Waals surface area contributed by atoms with E-state index in [9.17, 15) is 8.42 Å². The summed E-state index contributed by atoms with van der Waals surface area (Å²) in [4.78, 5) is 1.98. The molecular weight excluding hydrogens is 385 g/mol. The van der Waals surface area contributed by atoms with E-state index in [0.29, 0.717) is 6.54 Å². The Labute approximate surface area is 212 Å². The number of rotatable bonds is 20. The molecule has 6 heteroatoms. The fourth-order valence-corrected chi connectivity index (χ4v) is 3.86. The molecule has 0 saturated carbocycles. The topological polar surface area (TPSA) is 57.6 Å². The first kappa shape index (κ1) is 30.7. The largest absolute Gasteiger partial charge is 0.305 e. The third-order valence-electron chi connectivity index (χ3n) is 5.12. The zero-order chi connectivity index (χ0) is 19.5. The molecule has 0 spiro atoms. The van der Waals surface area contributed by atoms with Gasteiger partial charge >= 0.3 is 0 Å². The van der Waals surface area contributed by atoms with Crippen molar-refractivity contribution in [2.24, 2.45) is 0 Å². The summed E-state index contributed by atoms with van der Waals surface area (Å²) in [5, 5.41) is 0. The van der Waals surface area contributed by atoms with Crippen LogP contribution in [0, 0.1) is 0 Å². The first-order chi connectivity index (χ1) is 12.5. The zero-order valence-corrected chi connectivity index (χ0v) is 22.5. The predicted octanol–water partition coefficient (Wildman–Crippen LogP) is 5.69. The van der Waals surface area contributed by atoms with Crippen LogP contribution in [0.2, 0.25) is 0 Å². The van der Waals surface area contributed by atoms with E-state index in [0.717, 1.165) is 13.0 Å². The maximum Gasteiger partial charge on any atom is 0.266 e. The minimum atomic E-state index is -3.82. The predicted molar refractivity (Wildman–Crippen MR) is 119 cm³/mol. The quantitative estimate of drug-likeness (QED) is 0.153. The van der Waals surface area contributed by atoms with Gasteiger partial charge in [0, 0.05) is 57.9 Å². The minimum absolute atomic E-state index is 0. The van der Waals surface area contributed by atoms with Gasteiger partial charge in [-0.25, -0.2) is 0 Å². The summed E-state index contributed by atoms with van der Waals surface area (Å²) >= 11 is 0. The molecule has 0 aromatic heterocycles. The Morgan fingerprint density at radius 3 is 1.30 bits per heavy atom. The van der Waals surface area contributed by atoms with Crippen LogP contribution in [-0.4, -0.2) is 95.1 Å². The molecule has 0 amide bonds. The molecule has 1 N–H and O–H groups in total. The molecule has 0 aromatic rings. The molecule has 0 rings (SSSR count). The van der Waals surface area contributed by atoms with Crippen molar-refractivity contribution in [2.45, 2.75) is 110 Å². The van der Waals surface area contributed by atoms with Gasteiger partial charge in [0.05, 0.1) is 5.75 Å². The van der Waals surface area contributed by atoms with E-state index in [1.807, 2.05) is 11.9 Å². The van der Waals surface area contributed by atoms with Crippen LogP contribution in [0.4, 0.5) is 0 Å². The SMILES string of the molecule is CCCCCCCCCCCCCCCCCCN(C)CCS(=O)(=O)O.[K]. The van der Waals surface area contributed by atoms with Crippen molar-refractivity contribution in [1.29, 1.82) is 0 Å². The summed E-state index contributed by atoms with van der Waals surface area (Å²) in [6.45, 7) is 3.60. The second-order valence-corrected chi connectivity index (χ2v) is 9.46. The van der Waals surface area contributed by atoms with E-state index in [1.54, 1.807) is 0 Å². The van der Waals surface area contributed by atoms with Gasteiger partial charge in [-0.3, -0.25) is 4.55 Å². The van der Waals surface area contributed by atoms with E-state index in [1.165, 1.54) is 96.3 Å². The van der Waals surface area contributed by atoms with Crippen LogP contribution in [0.1, 0.15) is 110 Å². The zero-order valence-electron chi connectivity index (χ0n) is 18.6. The average Bonchev–Trinajstić information content (AvgIpc) is 2.59. The number of hydrogen-bond acceptors (Lipinski definition) is 3. The Hall–Kier alpha value is 1.51. The van der Waals surface area contributed by atoms with Gasteiger partial charge in [-0.05, 0) is 20.0 Å². The normalized spacial score (nSPS) is 11.7. The molecule has 27 heavy (non-hydrogen) atoms. The number of hydrogen-bond donors (Lipinski definition) is 1. The van der Waals surface area contributed by atoms with Crippen molar-refractivity contribution in [2.75, 3.05) is 25.9 Å². The monoisotopic (exact) mass is 430 g/mol. The van der Waals surface area contributed by atoms with Gasteiger partial charge in [-0.2, -0.15) is 8.42 Å². The van der Waals surface area contributed by atoms with Crippen LogP contribution >= 0.6 is 0 Å². The van der Waals surface area contributed by atoms with Crippen molar-refractivity contribution in [3.8, 4) is 0 Å². The molecule has 0 heterocycles. The first-order valence-corrected chi connectivity index (χ1v) is 12.7. The summed E-state index contributed by atoms with van der Waals surface area (Å²) in [5.41, 5.74) is 0. The van der Waals surface area contributed by atoms with Crippen molar-refractivity contribution >= 4 is 61.5 Å². The van der Waals surface area contributed by atoms with Crippen LogP contribution in [-0.2, 0) is 10.1 Å². The fourth-order valence-electron chi connectivity index (χ4n) is 3.31. The average molecular weight is 431 g/mol. The molecule has 0 aromatic carbocycles. The summed E-state index contributed by atoms with van der Waals surface area (Å²) in [7, 11) is -1.91. The standard InChI is InChI=1S/C21H45NO3S.K/c1-3-4-5-6-7-8-9-10-11-12-13-14-15-16-17-18-19-22(2)20-21-26(23,24)25;/h3-21H2,1-2H3,(H,23,24,25);. The summed E-state index contributed by atoms with van der Waals surface area (Å²) < 4.78 is 30.1. The summed E-state index contributed by atoms with van der Waals surface area (Å²) in [6.07, 6.45) is 21.8. The van der Waals surface area contributed by atoms with Gasteiger partial charge in [0.2, 0.25) is 0 Å². The maximum absolute atomic E-state index is 10.7. The molecule has 0 atom stereocenters. The molecule has 0 fully saturated rings. The molecule has 0 aliphatic carbocycles. The molecule has 4 nitrogen and oxygen atoms in total. The molecule has 0 unspecified atom stereocenters. The van der Waals surface area contributed by atoms with E-state index < -0.39 is 10.1 Å². The van der Waals surface area contributed by atoms with Gasteiger partial charge in [0.1, 0.15) is 0 Å². The van der Waals surface area contributed by atoms with Crippen LogP contribution in [0.15, 0.2) is 0 Å². The molecule has 0 saturated heterocycles. The minimum Gasteiger partial charge on any atom is -0.305 e. The van der Waals surface area contributed by atoms with Gasteiger partial charge in [0.15, 0.2) is 0 Å². The van der Waals surface area contributed by atoms with Gasteiger partial charge in [-0.1, -0.05) is 103 Å². The van der Waals surface area contributed by atoms with Crippen molar-refractivity contribution in [1.82, 2.24) is 4.90 Å². The second kappa shape index (κ2) is 22.2. The Morgan fingerprint density at radius 1 is 0.630 bits per heavy atom. The number of unbranched alkanes of at least 4 members (excludes halogenated alkanes) is 15. The van der Waals surface area contributed by atoms with Crippen molar-refractivity contribution < 1.29 is 13.0 Å². The Bertz CT molecular complexity index is 391. The third-order valence-corrected chi connectivity index (χ3v) is 5.82. The number of nitrogens with zero attached hydrogens (tertiary/aromatic N) is 1. The molecule has 0 aliphatic rings. The van der Waals surface area contributed by atoms with E-state index in [2.05, 4.69) is 6.92 Å². The van der Waals surface area contributed by atoms with Gasteiger partial charge in [-0.15, -0.1) is 0 Å². The Morgan fingerprint density at radius 2 is 0.963 bits per heavy atom. The molecule has 159 valence electrons. The van der Waals surface area contributed by atoms with Crippen LogP contribution in [0.5, 0.6) is 0 Å². The Balaban J connectivity index is 0. The van der Waals surface area contributed by atoms with E-state index in [4.69, 9.17) is 4.55 Å². The van der Waals surface area contributed by atoms with Crippen LogP contribution in [0.25, 0.3) is 0 Å². The van der Waals surface area contributed by atoms with Crippen molar-refractivity contribution in [3.05, 3.63) is 0 Å². The molecule has 0 bridgehead atoms. The summed E-state index contributed by atoms with van der Waals surface area (Å²) in [6, 6.07) is 0. The molecule has 0 aliphatic heterocycles. The van der Waals surface area contributed by atoms with Crippen LogP contribution < -0.4 is 0 Å². The van der Waals surface area contributed by atoms with Gasteiger partial charge in [0.25, 0.3) is 10.1 Å². The maximum atomic E-state index is 10.7. The second-order valence-electron chi connectivity index (χ2n) is 7.89. The summed E-state index contributed by atoms with van der Waals surface area (Å²) in [5.74, 6) is -0.164.